The van der Waals surface area contributed by atoms with Gasteiger partial charge in [-0.2, -0.15) is 13.2 Å². The fourth-order valence-corrected chi connectivity index (χ4v) is 4.91. The molecular formula is C29H37F3N6O5. The summed E-state index contributed by atoms with van der Waals surface area (Å²) in [5, 5.41) is 41.4. The minimum absolute atomic E-state index is 0.00934. The molecule has 0 bridgehead atoms. The van der Waals surface area contributed by atoms with E-state index in [1.54, 1.807) is 29.2 Å². The van der Waals surface area contributed by atoms with Crippen molar-refractivity contribution in [2.24, 2.45) is 0 Å². The Morgan fingerprint density at radius 1 is 1.23 bits per heavy atom. The summed E-state index contributed by atoms with van der Waals surface area (Å²) >= 11 is 0. The van der Waals surface area contributed by atoms with Crippen LogP contribution in [-0.2, 0) is 4.79 Å². The van der Waals surface area contributed by atoms with E-state index in [9.17, 15) is 28.2 Å². The molecule has 234 valence electrons. The Kier molecular flexibility index (Phi) is 10.7. The van der Waals surface area contributed by atoms with Gasteiger partial charge in [-0.15, -0.1) is 0 Å². The lowest BCUT2D eigenvalue weighted by Gasteiger charge is -2.40. The molecule has 2 aliphatic rings. The lowest BCUT2D eigenvalue weighted by atomic mass is 10.0. The first-order valence-electron chi connectivity index (χ1n) is 14.0. The van der Waals surface area contributed by atoms with E-state index in [1.165, 1.54) is 36.5 Å². The van der Waals surface area contributed by atoms with Gasteiger partial charge in [0.15, 0.2) is 6.04 Å². The van der Waals surface area contributed by atoms with Crippen LogP contribution in [0.2, 0.25) is 0 Å². The van der Waals surface area contributed by atoms with Gasteiger partial charge in [-0.25, -0.2) is 4.98 Å². The number of hydrogen-bond acceptors (Lipinski definition) is 10. The molecule has 2 aliphatic heterocycles. The molecule has 0 spiro atoms. The fourth-order valence-electron chi connectivity index (χ4n) is 4.91. The van der Waals surface area contributed by atoms with Gasteiger partial charge in [0.2, 0.25) is 5.91 Å². The van der Waals surface area contributed by atoms with Crippen molar-refractivity contribution in [3.8, 4) is 5.75 Å². The lowest BCUT2D eigenvalue weighted by molar-refractivity contribution is -0.163. The number of nitrogens with zero attached hydrogens (tertiary/aromatic N) is 2. The number of aromatic nitrogens is 1. The molecule has 0 saturated heterocycles. The number of aliphatic hydroxyl groups is 3. The summed E-state index contributed by atoms with van der Waals surface area (Å²) < 4.78 is 47.2. The van der Waals surface area contributed by atoms with E-state index in [4.69, 9.17) is 9.84 Å². The first kappa shape index (κ1) is 31.9. The van der Waals surface area contributed by atoms with Crippen LogP contribution in [0, 0.1) is 0 Å². The molecule has 2 unspecified atom stereocenters. The fraction of sp³-hybridized carbons (Fsp3) is 0.448. The van der Waals surface area contributed by atoms with Gasteiger partial charge in [-0.3, -0.25) is 4.79 Å². The number of nitrogens with one attached hydrogen (secondary N) is 4. The van der Waals surface area contributed by atoms with Crippen molar-refractivity contribution in [2.75, 3.05) is 31.6 Å². The number of hydrogen-bond donors (Lipinski definition) is 7. The largest absolute Gasteiger partial charge is 0.491 e. The third kappa shape index (κ3) is 8.30. The Morgan fingerprint density at radius 2 is 2.00 bits per heavy atom. The molecule has 14 heteroatoms. The molecule has 7 N–H and O–H groups in total. The van der Waals surface area contributed by atoms with E-state index in [2.05, 4.69) is 26.3 Å². The molecule has 0 fully saturated rings. The predicted molar refractivity (Wildman–Crippen MR) is 152 cm³/mol. The predicted octanol–water partition coefficient (Wildman–Crippen LogP) is 1.73. The van der Waals surface area contributed by atoms with Crippen LogP contribution in [-0.4, -0.2) is 88.0 Å². The molecule has 4 rings (SSSR count). The smallest absolute Gasteiger partial charge is 0.412 e. The van der Waals surface area contributed by atoms with E-state index >= 15 is 0 Å². The summed E-state index contributed by atoms with van der Waals surface area (Å²) in [5.41, 5.74) is 0.520. The summed E-state index contributed by atoms with van der Waals surface area (Å²) in [7, 11) is 0. The van der Waals surface area contributed by atoms with Crippen molar-refractivity contribution in [1.82, 2.24) is 25.8 Å². The Balaban J connectivity index is 1.48. The highest BCUT2D eigenvalue weighted by molar-refractivity contribution is 5.85. The molecule has 3 heterocycles. The Bertz CT molecular complexity index is 1280. The van der Waals surface area contributed by atoms with Gasteiger partial charge in [-0.05, 0) is 30.5 Å². The number of aliphatic hydroxyl groups excluding tert-OH is 3. The summed E-state index contributed by atoms with van der Waals surface area (Å²) in [5.74, 6) is 0.312. The standard InChI is InChI=1S/C29H37F3N6O5/c1-2-19-10-12-33-22-8-9-23(28(42)37-26(29(30,31)32)18-6-4-3-5-7-18)36-27(22)38(19)25(41)15-35-24-14-21(11-13-34-24)43-17-20(40)16-39/h3-9,11,13-14,19-20,23,25-26,33,36,39-41H,2,10,12,15-17H2,1H3,(H,34,35)(H,37,42)/t19-,20-,23?,25?,26-/m1/s1. The molecule has 0 saturated carbocycles. The number of carbonyl (C=O) groups is 1. The van der Waals surface area contributed by atoms with Gasteiger partial charge in [-0.1, -0.05) is 43.3 Å². The number of anilines is 1. The molecule has 0 radical (unpaired) electrons. The minimum atomic E-state index is -4.71. The van der Waals surface area contributed by atoms with Gasteiger partial charge >= 0.3 is 6.18 Å². The lowest BCUT2D eigenvalue weighted by Crippen LogP contribution is -2.54. The Labute approximate surface area is 247 Å². The third-order valence-corrected chi connectivity index (χ3v) is 7.12. The van der Waals surface area contributed by atoms with Crippen LogP contribution in [0.5, 0.6) is 5.75 Å². The zero-order chi connectivity index (χ0) is 31.0. The van der Waals surface area contributed by atoms with Gasteiger partial charge < -0.3 is 46.2 Å². The highest BCUT2D eigenvalue weighted by Crippen LogP contribution is 2.33. The number of benzene rings is 1. The van der Waals surface area contributed by atoms with E-state index in [0.717, 1.165) is 0 Å². The van der Waals surface area contributed by atoms with Crippen molar-refractivity contribution >= 4 is 11.7 Å². The zero-order valence-electron chi connectivity index (χ0n) is 23.6. The van der Waals surface area contributed by atoms with Crippen LogP contribution in [0.3, 0.4) is 0 Å². The zero-order valence-corrected chi connectivity index (χ0v) is 23.6. The first-order chi connectivity index (χ1) is 20.6. The summed E-state index contributed by atoms with van der Waals surface area (Å²) in [4.78, 5) is 19.1. The highest BCUT2D eigenvalue weighted by Gasteiger charge is 2.43. The number of allylic oxidation sites excluding steroid dienone is 1. The van der Waals surface area contributed by atoms with Crippen LogP contribution in [0.1, 0.15) is 31.4 Å². The summed E-state index contributed by atoms with van der Waals surface area (Å²) in [6, 6.07) is 6.86. The highest BCUT2D eigenvalue weighted by atomic mass is 19.4. The second-order valence-electron chi connectivity index (χ2n) is 10.2. The molecule has 1 amide bonds. The van der Waals surface area contributed by atoms with Crippen LogP contribution in [0.25, 0.3) is 0 Å². The van der Waals surface area contributed by atoms with Crippen molar-refractivity contribution in [1.29, 1.82) is 0 Å². The molecular weight excluding hydrogens is 569 g/mol. The summed E-state index contributed by atoms with van der Waals surface area (Å²) in [6.07, 6.45) is -0.943. The Hall–Kier alpha value is -4.01. The van der Waals surface area contributed by atoms with Crippen LogP contribution in [0.15, 0.2) is 72.3 Å². The van der Waals surface area contributed by atoms with Crippen LogP contribution >= 0.6 is 0 Å². The van der Waals surface area contributed by atoms with Gasteiger partial charge in [0, 0.05) is 24.8 Å². The van der Waals surface area contributed by atoms with Gasteiger partial charge in [0.05, 0.1) is 18.8 Å². The number of dihydropyridines is 1. The number of rotatable bonds is 12. The van der Waals surface area contributed by atoms with Crippen LogP contribution < -0.4 is 26.0 Å². The molecule has 43 heavy (non-hydrogen) atoms. The van der Waals surface area contributed by atoms with E-state index < -0.39 is 43.1 Å². The third-order valence-electron chi connectivity index (χ3n) is 7.12. The molecule has 11 nitrogen and oxygen atoms in total. The van der Waals surface area contributed by atoms with Crippen molar-refractivity contribution < 1.29 is 38.0 Å². The molecule has 1 aromatic carbocycles. The van der Waals surface area contributed by atoms with Crippen molar-refractivity contribution in [2.45, 2.75) is 56.4 Å². The van der Waals surface area contributed by atoms with E-state index in [1.807, 2.05) is 6.92 Å². The molecule has 1 aromatic heterocycles. The summed E-state index contributed by atoms with van der Waals surface area (Å²) in [6.45, 7) is 2.01. The Morgan fingerprint density at radius 3 is 2.70 bits per heavy atom. The maximum Gasteiger partial charge on any atom is 0.412 e. The molecule has 0 aliphatic carbocycles. The second kappa shape index (κ2) is 14.4. The number of alkyl halides is 3. The normalized spacial score (nSPS) is 20.6. The number of pyridine rings is 1. The SMILES string of the molecule is CC[C@@H]1CCNC2=C(NC(C(=O)N[C@H](c3ccccc3)C(F)(F)F)C=C2)N1C(O)CNc1cc(OC[C@H](O)CO)ccn1. The maximum atomic E-state index is 13.9. The first-order valence-corrected chi connectivity index (χ1v) is 14.0. The average molecular weight is 607 g/mol. The minimum Gasteiger partial charge on any atom is -0.491 e. The van der Waals surface area contributed by atoms with E-state index in [0.29, 0.717) is 42.5 Å². The quantitative estimate of drug-likeness (QED) is 0.190. The van der Waals surface area contributed by atoms with Gasteiger partial charge in [0.25, 0.3) is 0 Å². The topological polar surface area (TPSA) is 151 Å². The van der Waals surface area contributed by atoms with Crippen LogP contribution in [0.4, 0.5) is 19.0 Å². The molecule has 2 aromatic rings. The monoisotopic (exact) mass is 606 g/mol. The number of ether oxygens (including phenoxy) is 1. The van der Waals surface area contributed by atoms with E-state index in [-0.39, 0.29) is 24.8 Å². The average Bonchev–Trinajstić information content (AvgIpc) is 3.20. The maximum absolute atomic E-state index is 13.9. The van der Waals surface area contributed by atoms with Crippen molar-refractivity contribution in [3.05, 3.63) is 77.9 Å². The van der Waals surface area contributed by atoms with Crippen molar-refractivity contribution in [3.63, 3.8) is 0 Å². The van der Waals surface area contributed by atoms with Gasteiger partial charge in [0.1, 0.15) is 42.4 Å². The number of amides is 1. The number of halogens is 3. The second-order valence-corrected chi connectivity index (χ2v) is 10.2. The molecule has 5 atom stereocenters. The number of carbonyl (C=O) groups excluding carboxylic acids is 1.